The average Bonchev–Trinajstić information content (AvgIpc) is 3.33. The standard InChI is InChI=1S/C17H15F3N8O/c1-9(2)13(15-23-14(27-29-15)10-5-7-21-8-6-10)22-11-3-4-12-24-25-16(17(18,19)20)28(12)26-11/h3-9,13H,1-2H3,(H,22,26). The van der Waals surface area contributed by atoms with Crippen LogP contribution >= 0.6 is 0 Å². The number of rotatable bonds is 5. The minimum Gasteiger partial charge on any atom is -0.357 e. The Bertz CT molecular complexity index is 1120. The van der Waals surface area contributed by atoms with Crippen LogP contribution in [0.15, 0.2) is 41.2 Å². The SMILES string of the molecule is CC(C)C(Nc1ccc2nnc(C(F)(F)F)n2n1)c1nc(-c2ccncc2)no1. The third-order valence-electron chi connectivity index (χ3n) is 4.13. The fourth-order valence-electron chi connectivity index (χ4n) is 2.70. The molecule has 1 N–H and O–H groups in total. The van der Waals surface area contributed by atoms with Crippen LogP contribution in [0.1, 0.15) is 31.6 Å². The maximum absolute atomic E-state index is 13.1. The predicted molar refractivity (Wildman–Crippen MR) is 94.5 cm³/mol. The highest BCUT2D eigenvalue weighted by Crippen LogP contribution is 2.29. The maximum atomic E-state index is 13.1. The lowest BCUT2D eigenvalue weighted by molar-refractivity contribution is -0.146. The molecule has 0 aliphatic carbocycles. The quantitative estimate of drug-likeness (QED) is 0.539. The van der Waals surface area contributed by atoms with Crippen molar-refractivity contribution in [2.24, 2.45) is 5.92 Å². The van der Waals surface area contributed by atoms with Crippen LogP contribution in [0.2, 0.25) is 0 Å². The third-order valence-corrected chi connectivity index (χ3v) is 4.13. The van der Waals surface area contributed by atoms with Crippen molar-refractivity contribution in [2.45, 2.75) is 26.1 Å². The van der Waals surface area contributed by atoms with Crippen molar-refractivity contribution < 1.29 is 17.7 Å². The number of aromatic nitrogens is 7. The number of nitrogens with one attached hydrogen (secondary N) is 1. The first-order valence-corrected chi connectivity index (χ1v) is 8.63. The minimum atomic E-state index is -4.67. The van der Waals surface area contributed by atoms with Gasteiger partial charge >= 0.3 is 6.18 Å². The van der Waals surface area contributed by atoms with Gasteiger partial charge < -0.3 is 9.84 Å². The molecule has 9 nitrogen and oxygen atoms in total. The van der Waals surface area contributed by atoms with E-state index in [-0.39, 0.29) is 23.3 Å². The van der Waals surface area contributed by atoms with Gasteiger partial charge in [0.1, 0.15) is 11.9 Å². The summed E-state index contributed by atoms with van der Waals surface area (Å²) in [7, 11) is 0. The first kappa shape index (κ1) is 18.8. The van der Waals surface area contributed by atoms with Crippen molar-refractivity contribution in [3.63, 3.8) is 0 Å². The molecule has 4 rings (SSSR count). The van der Waals surface area contributed by atoms with Gasteiger partial charge in [0.2, 0.25) is 11.7 Å². The van der Waals surface area contributed by atoms with Crippen molar-refractivity contribution in [2.75, 3.05) is 5.32 Å². The molecule has 1 atom stereocenters. The van der Waals surface area contributed by atoms with E-state index >= 15 is 0 Å². The van der Waals surface area contributed by atoms with Crippen molar-refractivity contribution in [3.05, 3.63) is 48.4 Å². The smallest absolute Gasteiger partial charge is 0.357 e. The fourth-order valence-corrected chi connectivity index (χ4v) is 2.70. The van der Waals surface area contributed by atoms with E-state index < -0.39 is 18.0 Å². The monoisotopic (exact) mass is 404 g/mol. The van der Waals surface area contributed by atoms with Gasteiger partial charge in [0, 0.05) is 18.0 Å². The molecule has 0 aliphatic rings. The van der Waals surface area contributed by atoms with Crippen LogP contribution in [-0.4, -0.2) is 34.9 Å². The minimum absolute atomic E-state index is 0.0123. The van der Waals surface area contributed by atoms with Gasteiger partial charge in [-0.2, -0.15) is 22.7 Å². The lowest BCUT2D eigenvalue weighted by atomic mass is 10.0. The summed E-state index contributed by atoms with van der Waals surface area (Å²) in [6.07, 6.45) is -1.45. The average molecular weight is 404 g/mol. The lowest BCUT2D eigenvalue weighted by Gasteiger charge is -2.19. The predicted octanol–water partition coefficient (Wildman–Crippen LogP) is 3.40. The molecule has 0 radical (unpaired) electrons. The Morgan fingerprint density at radius 2 is 1.83 bits per heavy atom. The normalized spacial score (nSPS) is 13.2. The highest BCUT2D eigenvalue weighted by atomic mass is 19.4. The number of nitrogens with zero attached hydrogens (tertiary/aromatic N) is 7. The molecule has 0 amide bonds. The summed E-state index contributed by atoms with van der Waals surface area (Å²) in [6, 6.07) is 5.92. The Balaban J connectivity index is 1.65. The maximum Gasteiger partial charge on any atom is 0.453 e. The van der Waals surface area contributed by atoms with E-state index in [0.717, 1.165) is 5.56 Å². The Morgan fingerprint density at radius 3 is 2.52 bits per heavy atom. The summed E-state index contributed by atoms with van der Waals surface area (Å²) in [6.45, 7) is 3.82. The Kier molecular flexibility index (Phi) is 4.60. The van der Waals surface area contributed by atoms with Crippen LogP contribution in [0.4, 0.5) is 19.0 Å². The van der Waals surface area contributed by atoms with E-state index in [1.54, 1.807) is 24.5 Å². The summed E-state index contributed by atoms with van der Waals surface area (Å²) >= 11 is 0. The number of hydrogen-bond acceptors (Lipinski definition) is 8. The molecule has 0 fully saturated rings. The largest absolute Gasteiger partial charge is 0.453 e. The van der Waals surface area contributed by atoms with Crippen LogP contribution in [0.25, 0.3) is 17.0 Å². The van der Waals surface area contributed by atoms with E-state index in [1.807, 2.05) is 13.8 Å². The zero-order valence-corrected chi connectivity index (χ0v) is 15.3. The van der Waals surface area contributed by atoms with E-state index in [0.29, 0.717) is 10.3 Å². The highest BCUT2D eigenvalue weighted by molar-refractivity contribution is 5.53. The van der Waals surface area contributed by atoms with E-state index in [9.17, 15) is 13.2 Å². The van der Waals surface area contributed by atoms with Crippen LogP contribution in [-0.2, 0) is 6.18 Å². The first-order valence-electron chi connectivity index (χ1n) is 8.63. The van der Waals surface area contributed by atoms with Gasteiger partial charge in [-0.1, -0.05) is 19.0 Å². The molecule has 0 spiro atoms. The van der Waals surface area contributed by atoms with Gasteiger partial charge in [-0.3, -0.25) is 4.98 Å². The lowest BCUT2D eigenvalue weighted by Crippen LogP contribution is -2.19. The van der Waals surface area contributed by atoms with Crippen molar-refractivity contribution in [1.82, 2.24) is 34.9 Å². The van der Waals surface area contributed by atoms with Crippen molar-refractivity contribution in [1.29, 1.82) is 0 Å². The van der Waals surface area contributed by atoms with Crippen LogP contribution in [0.3, 0.4) is 0 Å². The first-order chi connectivity index (χ1) is 13.8. The van der Waals surface area contributed by atoms with Gasteiger partial charge in [-0.25, -0.2) is 0 Å². The molecule has 4 heterocycles. The Morgan fingerprint density at radius 1 is 1.07 bits per heavy atom. The van der Waals surface area contributed by atoms with Crippen LogP contribution in [0.5, 0.6) is 0 Å². The van der Waals surface area contributed by atoms with Crippen molar-refractivity contribution in [3.8, 4) is 11.4 Å². The van der Waals surface area contributed by atoms with Crippen molar-refractivity contribution >= 4 is 11.5 Å². The molecule has 4 aromatic rings. The Labute approximate surface area is 162 Å². The summed E-state index contributed by atoms with van der Waals surface area (Å²) in [5.41, 5.74) is 0.720. The zero-order chi connectivity index (χ0) is 20.6. The van der Waals surface area contributed by atoms with E-state index in [4.69, 9.17) is 4.52 Å². The molecule has 0 aromatic carbocycles. The molecule has 0 bridgehead atoms. The molecule has 0 saturated carbocycles. The molecule has 12 heteroatoms. The van der Waals surface area contributed by atoms with Crippen LogP contribution in [0, 0.1) is 5.92 Å². The topological polar surface area (TPSA) is 107 Å². The van der Waals surface area contributed by atoms with Gasteiger partial charge in [0.25, 0.3) is 5.82 Å². The summed E-state index contributed by atoms with van der Waals surface area (Å²) in [5, 5.41) is 17.7. The number of anilines is 1. The molecule has 1 unspecified atom stereocenters. The number of pyridine rings is 1. The van der Waals surface area contributed by atoms with E-state index in [2.05, 4.69) is 35.7 Å². The summed E-state index contributed by atoms with van der Waals surface area (Å²) in [5.74, 6) is -0.369. The van der Waals surface area contributed by atoms with Crippen LogP contribution < -0.4 is 5.32 Å². The fraction of sp³-hybridized carbons (Fsp3) is 0.294. The molecule has 0 saturated heterocycles. The van der Waals surface area contributed by atoms with Gasteiger partial charge in [0.05, 0.1) is 0 Å². The second-order valence-corrected chi connectivity index (χ2v) is 6.57. The number of fused-ring (bicyclic) bond motifs is 1. The number of hydrogen-bond donors (Lipinski definition) is 1. The molecular formula is C17H15F3N8O. The van der Waals surface area contributed by atoms with Gasteiger partial charge in [-0.05, 0) is 30.2 Å². The van der Waals surface area contributed by atoms with E-state index in [1.165, 1.54) is 12.1 Å². The molecular weight excluding hydrogens is 389 g/mol. The molecule has 150 valence electrons. The Hall–Kier alpha value is -3.57. The summed E-state index contributed by atoms with van der Waals surface area (Å²) < 4.78 is 45.3. The summed E-state index contributed by atoms with van der Waals surface area (Å²) in [4.78, 5) is 8.34. The molecule has 29 heavy (non-hydrogen) atoms. The highest BCUT2D eigenvalue weighted by Gasteiger charge is 2.37. The number of alkyl halides is 3. The molecule has 0 aliphatic heterocycles. The van der Waals surface area contributed by atoms with Gasteiger partial charge in [-0.15, -0.1) is 15.3 Å². The van der Waals surface area contributed by atoms with Gasteiger partial charge in [0.15, 0.2) is 5.65 Å². The number of halogens is 3. The second-order valence-electron chi connectivity index (χ2n) is 6.57. The third kappa shape index (κ3) is 3.73. The zero-order valence-electron chi connectivity index (χ0n) is 15.3. The second kappa shape index (κ2) is 7.11. The molecule has 4 aromatic heterocycles.